The zero-order chi connectivity index (χ0) is 14.2. The second kappa shape index (κ2) is 6.90. The van der Waals surface area contributed by atoms with Gasteiger partial charge in [0.15, 0.2) is 0 Å². The molecule has 0 bridgehead atoms. The number of likely N-dealkylation sites (tertiary alicyclic amines) is 1. The van der Waals surface area contributed by atoms with Crippen molar-refractivity contribution in [3.63, 3.8) is 0 Å². The highest BCUT2D eigenvalue weighted by atomic mass is 35.5. The first kappa shape index (κ1) is 16.3. The maximum atomic E-state index is 12.6. The fraction of sp³-hybridized carbons (Fsp3) is 0.706. The van der Waals surface area contributed by atoms with E-state index in [9.17, 15) is 4.79 Å². The van der Waals surface area contributed by atoms with Crippen LogP contribution in [-0.2, 0) is 12.8 Å². The lowest BCUT2D eigenvalue weighted by atomic mass is 10.0. The van der Waals surface area contributed by atoms with Crippen LogP contribution in [0.3, 0.4) is 0 Å². The zero-order valence-corrected chi connectivity index (χ0v) is 14.6. The van der Waals surface area contributed by atoms with Gasteiger partial charge in [0.2, 0.25) is 0 Å². The number of fused-ring (bicyclic) bond motifs is 1. The predicted molar refractivity (Wildman–Crippen MR) is 93.2 cm³/mol. The van der Waals surface area contributed by atoms with Crippen LogP contribution in [0.4, 0.5) is 0 Å². The minimum absolute atomic E-state index is 0. The Bertz CT molecular complexity index is 511. The lowest BCUT2D eigenvalue weighted by Gasteiger charge is -2.32. The highest BCUT2D eigenvalue weighted by Gasteiger charge is 2.27. The molecule has 1 saturated heterocycles. The minimum atomic E-state index is 0. The highest BCUT2D eigenvalue weighted by molar-refractivity contribution is 7.14. The molecule has 0 radical (unpaired) electrons. The minimum Gasteiger partial charge on any atom is -0.338 e. The number of halogens is 1. The maximum absolute atomic E-state index is 12.6. The van der Waals surface area contributed by atoms with Crippen molar-refractivity contribution in [1.82, 2.24) is 10.2 Å². The van der Waals surface area contributed by atoms with E-state index in [-0.39, 0.29) is 18.3 Å². The van der Waals surface area contributed by atoms with Crippen molar-refractivity contribution >= 4 is 29.7 Å². The Balaban J connectivity index is 0.00000144. The van der Waals surface area contributed by atoms with Crippen molar-refractivity contribution < 1.29 is 4.79 Å². The average molecular weight is 341 g/mol. The Morgan fingerprint density at radius 1 is 1.23 bits per heavy atom. The van der Waals surface area contributed by atoms with Crippen LogP contribution < -0.4 is 5.32 Å². The van der Waals surface area contributed by atoms with Crippen LogP contribution >= 0.6 is 23.7 Å². The lowest BCUT2D eigenvalue weighted by molar-refractivity contribution is 0.0710. The molecule has 3 aliphatic rings. The molecule has 0 unspecified atom stereocenters. The summed E-state index contributed by atoms with van der Waals surface area (Å²) in [5.74, 6) is 1.22. The molecule has 2 fully saturated rings. The number of carbonyl (C=O) groups excluding carboxylic acids is 1. The van der Waals surface area contributed by atoms with E-state index in [1.54, 1.807) is 11.3 Å². The van der Waals surface area contributed by atoms with Gasteiger partial charge in [0.1, 0.15) is 0 Å². The molecule has 5 heteroatoms. The van der Waals surface area contributed by atoms with E-state index < -0.39 is 0 Å². The normalized spacial score (nSPS) is 21.5. The molecule has 0 atom stereocenters. The largest absolute Gasteiger partial charge is 0.338 e. The summed E-state index contributed by atoms with van der Waals surface area (Å²) in [6.45, 7) is 3.03. The summed E-state index contributed by atoms with van der Waals surface area (Å²) in [7, 11) is 0. The van der Waals surface area contributed by atoms with Gasteiger partial charge in [-0.25, -0.2) is 0 Å². The van der Waals surface area contributed by atoms with E-state index in [0.717, 1.165) is 36.7 Å². The van der Waals surface area contributed by atoms with Crippen molar-refractivity contribution in [2.75, 3.05) is 19.6 Å². The summed E-state index contributed by atoms with van der Waals surface area (Å²) < 4.78 is 0. The van der Waals surface area contributed by atoms with E-state index in [0.29, 0.717) is 6.04 Å². The Morgan fingerprint density at radius 3 is 2.68 bits per heavy atom. The van der Waals surface area contributed by atoms with Crippen LogP contribution in [0.5, 0.6) is 0 Å². The second-order valence-corrected chi connectivity index (χ2v) is 7.97. The number of thiophene rings is 1. The quantitative estimate of drug-likeness (QED) is 0.912. The van der Waals surface area contributed by atoms with Gasteiger partial charge in [-0.1, -0.05) is 0 Å². The third-order valence-corrected chi connectivity index (χ3v) is 6.36. The molecule has 1 aliphatic heterocycles. The van der Waals surface area contributed by atoms with Gasteiger partial charge >= 0.3 is 0 Å². The van der Waals surface area contributed by atoms with Gasteiger partial charge in [-0.3, -0.25) is 4.79 Å². The van der Waals surface area contributed by atoms with Crippen LogP contribution in [0.1, 0.15) is 52.2 Å². The number of nitrogens with one attached hydrogen (secondary N) is 1. The van der Waals surface area contributed by atoms with Gasteiger partial charge in [-0.15, -0.1) is 23.7 Å². The third-order valence-electron chi connectivity index (χ3n) is 5.13. The van der Waals surface area contributed by atoms with E-state index in [2.05, 4.69) is 16.3 Å². The predicted octanol–water partition coefficient (Wildman–Crippen LogP) is 3.26. The molecule has 1 amide bonds. The fourth-order valence-electron chi connectivity index (χ4n) is 3.53. The summed E-state index contributed by atoms with van der Waals surface area (Å²) >= 11 is 1.74. The Kier molecular flexibility index (Phi) is 5.10. The summed E-state index contributed by atoms with van der Waals surface area (Å²) in [5.41, 5.74) is 1.43. The Hall–Kier alpha value is -0.580. The second-order valence-electron chi connectivity index (χ2n) is 6.83. The molecule has 4 rings (SSSR count). The zero-order valence-electron chi connectivity index (χ0n) is 13.0. The standard InChI is InChI=1S/C17H24N2OS.ClH/c20-17(16-10-13-2-1-3-15(13)21-16)19-8-6-14(7-9-19)18-11-12-4-5-12;/h10,12,14,18H,1-9,11H2;1H. The van der Waals surface area contributed by atoms with Gasteiger partial charge < -0.3 is 10.2 Å². The molecule has 1 saturated carbocycles. The first-order valence-electron chi connectivity index (χ1n) is 8.44. The van der Waals surface area contributed by atoms with E-state index in [4.69, 9.17) is 0 Å². The molecular weight excluding hydrogens is 316 g/mol. The Morgan fingerprint density at radius 2 is 2.00 bits per heavy atom. The van der Waals surface area contributed by atoms with Gasteiger partial charge in [0.25, 0.3) is 5.91 Å². The molecule has 122 valence electrons. The summed E-state index contributed by atoms with van der Waals surface area (Å²) in [6.07, 6.45) is 8.67. The summed E-state index contributed by atoms with van der Waals surface area (Å²) in [6, 6.07) is 2.79. The van der Waals surface area contributed by atoms with Gasteiger partial charge in [0, 0.05) is 24.0 Å². The number of aryl methyl sites for hydroxylation is 2. The van der Waals surface area contributed by atoms with Gasteiger partial charge in [0.05, 0.1) is 4.88 Å². The monoisotopic (exact) mass is 340 g/mol. The topological polar surface area (TPSA) is 32.3 Å². The number of carbonyl (C=O) groups is 1. The van der Waals surface area contributed by atoms with Gasteiger partial charge in [-0.05, 0) is 69.0 Å². The van der Waals surface area contributed by atoms with Crippen LogP contribution in [0.2, 0.25) is 0 Å². The van der Waals surface area contributed by atoms with Crippen molar-refractivity contribution in [1.29, 1.82) is 0 Å². The number of hydrogen-bond acceptors (Lipinski definition) is 3. The molecule has 0 spiro atoms. The maximum Gasteiger partial charge on any atom is 0.263 e. The van der Waals surface area contributed by atoms with E-state index in [1.165, 1.54) is 49.1 Å². The van der Waals surface area contributed by atoms with Crippen molar-refractivity contribution in [3.05, 3.63) is 21.4 Å². The molecule has 1 N–H and O–H groups in total. The summed E-state index contributed by atoms with van der Waals surface area (Å²) in [4.78, 5) is 17.1. The number of rotatable bonds is 4. The van der Waals surface area contributed by atoms with Crippen LogP contribution in [0.15, 0.2) is 6.07 Å². The van der Waals surface area contributed by atoms with Gasteiger partial charge in [-0.2, -0.15) is 0 Å². The van der Waals surface area contributed by atoms with Crippen LogP contribution in [-0.4, -0.2) is 36.5 Å². The molecule has 2 heterocycles. The van der Waals surface area contributed by atoms with Crippen LogP contribution in [0, 0.1) is 5.92 Å². The highest BCUT2D eigenvalue weighted by Crippen LogP contribution is 2.32. The first-order valence-corrected chi connectivity index (χ1v) is 9.25. The molecule has 3 nitrogen and oxygen atoms in total. The molecule has 1 aromatic heterocycles. The first-order chi connectivity index (χ1) is 10.3. The van der Waals surface area contributed by atoms with E-state index >= 15 is 0 Å². The van der Waals surface area contributed by atoms with E-state index in [1.807, 2.05) is 0 Å². The lowest BCUT2D eigenvalue weighted by Crippen LogP contribution is -2.45. The smallest absolute Gasteiger partial charge is 0.263 e. The number of nitrogens with zero attached hydrogens (tertiary/aromatic N) is 1. The third kappa shape index (κ3) is 3.50. The number of hydrogen-bond donors (Lipinski definition) is 1. The molecular formula is C17H25ClN2OS. The van der Waals surface area contributed by atoms with Crippen molar-refractivity contribution in [2.24, 2.45) is 5.92 Å². The number of amides is 1. The molecule has 0 aromatic carbocycles. The van der Waals surface area contributed by atoms with Crippen molar-refractivity contribution in [2.45, 2.75) is 51.0 Å². The van der Waals surface area contributed by atoms with Crippen molar-refractivity contribution in [3.8, 4) is 0 Å². The molecule has 2 aliphatic carbocycles. The SMILES string of the molecule is Cl.O=C(c1cc2c(s1)CCC2)N1CCC(NCC2CC2)CC1. The molecule has 1 aromatic rings. The molecule has 22 heavy (non-hydrogen) atoms. The summed E-state index contributed by atoms with van der Waals surface area (Å²) in [5, 5.41) is 3.68. The fourth-order valence-corrected chi connectivity index (χ4v) is 4.75. The van der Waals surface area contributed by atoms with Crippen LogP contribution in [0.25, 0.3) is 0 Å². The number of piperidine rings is 1. The average Bonchev–Trinajstić information content (AvgIpc) is 3.09. The Labute approximate surface area is 142 Å².